The number of furan rings is 1. The molecule has 0 radical (unpaired) electrons. The summed E-state index contributed by atoms with van der Waals surface area (Å²) in [6.07, 6.45) is 4.02. The second kappa shape index (κ2) is 6.13. The molecule has 3 aromatic rings. The zero-order valence-electron chi connectivity index (χ0n) is 14.5. The Balaban J connectivity index is 1.45. The van der Waals surface area contributed by atoms with Crippen molar-refractivity contribution >= 4 is 39.0 Å². The number of hydrogen-bond acceptors (Lipinski definition) is 4. The maximum absolute atomic E-state index is 12.1. The van der Waals surface area contributed by atoms with Gasteiger partial charge in [0.2, 0.25) is 0 Å². The van der Waals surface area contributed by atoms with Crippen molar-refractivity contribution in [1.82, 2.24) is 4.98 Å². The Morgan fingerprint density at radius 1 is 1.07 bits per heavy atom. The molecule has 5 unspecified atom stereocenters. The highest BCUT2D eigenvalue weighted by Gasteiger charge is 2.55. The van der Waals surface area contributed by atoms with Crippen molar-refractivity contribution in [2.75, 3.05) is 0 Å². The van der Waals surface area contributed by atoms with Crippen LogP contribution in [0.2, 0.25) is 0 Å². The summed E-state index contributed by atoms with van der Waals surface area (Å²) in [5, 5.41) is 1.71. The topological polar surface area (TPSA) is 46.0 Å². The molecule has 3 nitrogen and oxygen atoms in total. The maximum Gasteiger partial charge on any atom is 0.305 e. The molecule has 2 aromatic heterocycles. The van der Waals surface area contributed by atoms with E-state index in [4.69, 9.17) is 4.42 Å². The van der Waals surface area contributed by atoms with E-state index >= 15 is 0 Å². The molecule has 1 aromatic carbocycles. The van der Waals surface area contributed by atoms with Gasteiger partial charge in [-0.3, -0.25) is 4.79 Å². The van der Waals surface area contributed by atoms with Crippen LogP contribution in [0.25, 0.3) is 11.3 Å². The van der Waals surface area contributed by atoms with E-state index in [2.05, 4.69) is 45.2 Å². The lowest BCUT2D eigenvalue weighted by molar-refractivity contribution is 0.285. The first-order chi connectivity index (χ1) is 13.2. The molecule has 2 bridgehead atoms. The van der Waals surface area contributed by atoms with Crippen molar-refractivity contribution in [3.05, 3.63) is 61.2 Å². The van der Waals surface area contributed by atoms with Gasteiger partial charge in [0.1, 0.15) is 11.5 Å². The van der Waals surface area contributed by atoms with Crippen molar-refractivity contribution in [3.8, 4) is 11.3 Å². The molecule has 27 heavy (non-hydrogen) atoms. The van der Waals surface area contributed by atoms with Gasteiger partial charge >= 0.3 is 4.87 Å². The lowest BCUT2D eigenvalue weighted by atomic mass is 9.77. The number of rotatable bonds is 2. The van der Waals surface area contributed by atoms with Crippen LogP contribution in [0.1, 0.15) is 35.8 Å². The monoisotopic (exact) mass is 459 g/mol. The zero-order valence-corrected chi connectivity index (χ0v) is 17.7. The number of halogens is 1. The van der Waals surface area contributed by atoms with Gasteiger partial charge in [0.15, 0.2) is 0 Å². The highest BCUT2D eigenvalue weighted by molar-refractivity contribution is 9.10. The van der Waals surface area contributed by atoms with Crippen LogP contribution < -0.4 is 4.87 Å². The second-order valence-corrected chi connectivity index (χ2v) is 11.0. The molecule has 3 heterocycles. The van der Waals surface area contributed by atoms with E-state index in [-0.39, 0.29) is 10.8 Å². The van der Waals surface area contributed by atoms with Crippen LogP contribution in [0.4, 0.5) is 0 Å². The number of thiazole rings is 1. The van der Waals surface area contributed by atoms with E-state index in [0.717, 1.165) is 38.4 Å². The van der Waals surface area contributed by atoms with Gasteiger partial charge in [-0.25, -0.2) is 0 Å². The number of fused-ring (bicyclic) bond motifs is 6. The fraction of sp³-hybridized carbons (Fsp3) is 0.381. The van der Waals surface area contributed by atoms with Crippen molar-refractivity contribution in [2.24, 2.45) is 17.8 Å². The molecule has 2 fully saturated rings. The zero-order chi connectivity index (χ0) is 18.1. The van der Waals surface area contributed by atoms with Crippen LogP contribution in [-0.4, -0.2) is 10.2 Å². The summed E-state index contributed by atoms with van der Waals surface area (Å²) in [6, 6.07) is 12.4. The average Bonchev–Trinajstić information content (AvgIpc) is 3.43. The maximum atomic E-state index is 12.1. The minimum Gasteiger partial charge on any atom is -0.460 e. The van der Waals surface area contributed by atoms with E-state index in [1.54, 1.807) is 0 Å². The molecule has 1 aliphatic heterocycles. The Kier molecular flexibility index (Phi) is 3.79. The molecule has 5 atom stereocenters. The summed E-state index contributed by atoms with van der Waals surface area (Å²) < 4.78 is 7.46. The Labute approximate surface area is 173 Å². The first kappa shape index (κ1) is 16.7. The normalized spacial score (nSPS) is 31.1. The van der Waals surface area contributed by atoms with Crippen molar-refractivity contribution < 1.29 is 4.42 Å². The Morgan fingerprint density at radius 2 is 1.89 bits per heavy atom. The van der Waals surface area contributed by atoms with Crippen LogP contribution >= 0.6 is 39.0 Å². The predicted molar refractivity (Wildman–Crippen MR) is 113 cm³/mol. The Hall–Kier alpha value is -1.24. The molecule has 1 N–H and O–H groups in total. The number of benzene rings is 1. The van der Waals surface area contributed by atoms with Gasteiger partial charge in [0.05, 0.1) is 15.8 Å². The van der Waals surface area contributed by atoms with Gasteiger partial charge in [0.25, 0.3) is 0 Å². The fourth-order valence-electron chi connectivity index (χ4n) is 5.46. The molecule has 2 saturated carbocycles. The third-order valence-electron chi connectivity index (χ3n) is 6.53. The van der Waals surface area contributed by atoms with Gasteiger partial charge in [-0.1, -0.05) is 39.4 Å². The summed E-state index contributed by atoms with van der Waals surface area (Å²) in [6.45, 7) is 0. The highest BCUT2D eigenvalue weighted by Crippen LogP contribution is 2.63. The largest absolute Gasteiger partial charge is 0.460 e. The summed E-state index contributed by atoms with van der Waals surface area (Å²) in [4.78, 5) is 16.4. The fourth-order valence-corrected chi connectivity index (χ4v) is 8.60. The second-order valence-electron chi connectivity index (χ2n) is 7.89. The number of aromatic nitrogens is 1. The minimum absolute atomic E-state index is 0.0597. The minimum atomic E-state index is 0.0597. The van der Waals surface area contributed by atoms with E-state index in [0.29, 0.717) is 11.2 Å². The predicted octanol–water partition coefficient (Wildman–Crippen LogP) is 6.11. The standard InChI is InChI=1S/C21H18BrNO2S2/c22-13-5-3-10(4-6-13)14-7-8-15(25-14)17-16-11-1-2-12(9-11)18(16)26-20-19(17)27-21(24)23-20/h3-8,11-12,16-18H,1-2,9H2,(H,23,24). The summed E-state index contributed by atoms with van der Waals surface area (Å²) >= 11 is 6.79. The number of hydrogen-bond donors (Lipinski definition) is 1. The van der Waals surface area contributed by atoms with Crippen molar-refractivity contribution in [3.63, 3.8) is 0 Å². The molecular weight excluding hydrogens is 442 g/mol. The number of H-pyrrole nitrogens is 1. The average molecular weight is 460 g/mol. The first-order valence-electron chi connectivity index (χ1n) is 9.43. The van der Waals surface area contributed by atoms with Gasteiger partial charge in [-0.15, -0.1) is 11.8 Å². The third kappa shape index (κ3) is 2.56. The number of aromatic amines is 1. The van der Waals surface area contributed by atoms with Gasteiger partial charge in [0, 0.05) is 15.3 Å². The van der Waals surface area contributed by atoms with Crippen molar-refractivity contribution in [1.29, 1.82) is 0 Å². The molecule has 0 spiro atoms. The molecular formula is C21H18BrNO2S2. The summed E-state index contributed by atoms with van der Waals surface area (Å²) in [5.74, 6) is 4.30. The van der Waals surface area contributed by atoms with E-state index in [9.17, 15) is 4.79 Å². The lowest BCUT2D eigenvalue weighted by Crippen LogP contribution is -2.33. The van der Waals surface area contributed by atoms with Crippen molar-refractivity contribution in [2.45, 2.75) is 35.5 Å². The summed E-state index contributed by atoms with van der Waals surface area (Å²) in [7, 11) is 0. The summed E-state index contributed by atoms with van der Waals surface area (Å²) in [5.41, 5.74) is 1.08. The van der Waals surface area contributed by atoms with E-state index in [1.165, 1.54) is 35.5 Å². The smallest absolute Gasteiger partial charge is 0.305 e. The highest BCUT2D eigenvalue weighted by atomic mass is 79.9. The Bertz CT molecular complexity index is 1070. The van der Waals surface area contributed by atoms with Crippen LogP contribution in [0.3, 0.4) is 0 Å². The third-order valence-corrected chi connectivity index (χ3v) is 9.68. The molecule has 0 saturated heterocycles. The van der Waals surface area contributed by atoms with Crippen LogP contribution in [0, 0.1) is 17.8 Å². The van der Waals surface area contributed by atoms with Crippen LogP contribution in [0.5, 0.6) is 0 Å². The molecule has 6 heteroatoms. The lowest BCUT2D eigenvalue weighted by Gasteiger charge is -2.38. The SMILES string of the molecule is O=c1[nH]c2c(s1)C(c1ccc(-c3ccc(Br)cc3)o1)C1C3CCC(C3)C1S2. The van der Waals surface area contributed by atoms with E-state index in [1.807, 2.05) is 23.9 Å². The number of thioether (sulfide) groups is 1. The van der Waals surface area contributed by atoms with Crippen LogP contribution in [0.15, 0.2) is 55.1 Å². The van der Waals surface area contributed by atoms with Gasteiger partial charge in [-0.2, -0.15) is 0 Å². The molecule has 3 aliphatic rings. The van der Waals surface area contributed by atoms with Crippen LogP contribution in [-0.2, 0) is 0 Å². The molecule has 2 aliphatic carbocycles. The molecule has 0 amide bonds. The molecule has 138 valence electrons. The molecule has 6 rings (SSSR count). The Morgan fingerprint density at radius 3 is 2.74 bits per heavy atom. The first-order valence-corrected chi connectivity index (χ1v) is 11.9. The number of nitrogens with one attached hydrogen (secondary N) is 1. The quantitative estimate of drug-likeness (QED) is 0.502. The van der Waals surface area contributed by atoms with Gasteiger partial charge in [-0.05, 0) is 61.3 Å². The van der Waals surface area contributed by atoms with Gasteiger partial charge < -0.3 is 9.40 Å². The van der Waals surface area contributed by atoms with E-state index < -0.39 is 0 Å².